The molecule has 0 saturated heterocycles. The van der Waals surface area contributed by atoms with Gasteiger partial charge in [-0.25, -0.2) is 21.9 Å². The Morgan fingerprint density at radius 2 is 2.06 bits per heavy atom. The molecule has 96 valence electrons. The van der Waals surface area contributed by atoms with Gasteiger partial charge in [0.1, 0.15) is 16.5 Å². The summed E-state index contributed by atoms with van der Waals surface area (Å²) in [5, 5.41) is 0. The topological polar surface area (TPSA) is 72.2 Å². The fourth-order valence-corrected chi connectivity index (χ4v) is 2.69. The Labute approximate surface area is 98.9 Å². The van der Waals surface area contributed by atoms with Crippen LogP contribution in [0, 0.1) is 11.6 Å². The molecule has 1 atom stereocenters. The monoisotopic (exact) mass is 264 g/mol. The molecule has 3 N–H and O–H groups in total. The van der Waals surface area contributed by atoms with Gasteiger partial charge in [-0.05, 0) is 24.6 Å². The summed E-state index contributed by atoms with van der Waals surface area (Å²) < 4.78 is 51.9. The van der Waals surface area contributed by atoms with Crippen LogP contribution in [0.2, 0.25) is 0 Å². The summed E-state index contributed by atoms with van der Waals surface area (Å²) in [6, 6.07) is 1.77. The molecule has 1 unspecified atom stereocenters. The number of nitrogens with two attached hydrogens (primary N) is 1. The summed E-state index contributed by atoms with van der Waals surface area (Å²) in [5.74, 6) is -1.81. The van der Waals surface area contributed by atoms with Crippen LogP contribution < -0.4 is 10.5 Å². The number of benzene rings is 1. The van der Waals surface area contributed by atoms with Crippen molar-refractivity contribution in [2.24, 2.45) is 5.73 Å². The lowest BCUT2D eigenvalue weighted by atomic mass is 10.2. The molecule has 7 heteroatoms. The first kappa shape index (κ1) is 14.0. The number of sulfonamides is 1. The zero-order valence-electron chi connectivity index (χ0n) is 9.28. The van der Waals surface area contributed by atoms with Crippen LogP contribution in [0.4, 0.5) is 8.78 Å². The summed E-state index contributed by atoms with van der Waals surface area (Å²) in [6.07, 6.45) is 0.465. The summed E-state index contributed by atoms with van der Waals surface area (Å²) >= 11 is 0. The zero-order chi connectivity index (χ0) is 13.1. The first-order valence-electron chi connectivity index (χ1n) is 5.08. The minimum atomic E-state index is -4.08. The van der Waals surface area contributed by atoms with E-state index in [-0.39, 0.29) is 6.54 Å². The van der Waals surface area contributed by atoms with Crippen LogP contribution in [-0.4, -0.2) is 21.0 Å². The molecule has 1 aromatic carbocycles. The van der Waals surface area contributed by atoms with Gasteiger partial charge in [-0.2, -0.15) is 0 Å². The average molecular weight is 264 g/mol. The standard InChI is InChI=1S/C10H14F2N2O2S/c1-2-8(6-13)14-17(15,16)10-5-7(11)3-4-9(10)12/h3-5,8,14H,2,6,13H2,1H3. The molecular weight excluding hydrogens is 250 g/mol. The van der Waals surface area contributed by atoms with E-state index in [9.17, 15) is 17.2 Å². The van der Waals surface area contributed by atoms with Crippen LogP contribution in [-0.2, 0) is 10.0 Å². The van der Waals surface area contributed by atoms with E-state index in [1.54, 1.807) is 6.92 Å². The molecular formula is C10H14F2N2O2S. The zero-order valence-corrected chi connectivity index (χ0v) is 10.1. The van der Waals surface area contributed by atoms with Crippen molar-refractivity contribution in [2.75, 3.05) is 6.54 Å². The van der Waals surface area contributed by atoms with E-state index in [0.717, 1.165) is 12.1 Å². The van der Waals surface area contributed by atoms with E-state index in [2.05, 4.69) is 4.72 Å². The second-order valence-electron chi connectivity index (χ2n) is 3.54. The van der Waals surface area contributed by atoms with Gasteiger partial charge in [0.05, 0.1) is 0 Å². The van der Waals surface area contributed by atoms with Crippen molar-refractivity contribution in [3.8, 4) is 0 Å². The molecule has 0 aliphatic heterocycles. The minimum Gasteiger partial charge on any atom is -0.329 e. The van der Waals surface area contributed by atoms with Gasteiger partial charge in [0.15, 0.2) is 0 Å². The van der Waals surface area contributed by atoms with Crippen molar-refractivity contribution in [2.45, 2.75) is 24.3 Å². The molecule has 4 nitrogen and oxygen atoms in total. The van der Waals surface area contributed by atoms with Crippen molar-refractivity contribution in [3.63, 3.8) is 0 Å². The van der Waals surface area contributed by atoms with Gasteiger partial charge < -0.3 is 5.73 Å². The number of rotatable bonds is 5. The predicted octanol–water partition coefficient (Wildman–Crippen LogP) is 0.980. The van der Waals surface area contributed by atoms with Crippen LogP contribution in [0.5, 0.6) is 0 Å². The fraction of sp³-hybridized carbons (Fsp3) is 0.400. The third-order valence-electron chi connectivity index (χ3n) is 2.28. The van der Waals surface area contributed by atoms with Crippen LogP contribution in [0.1, 0.15) is 13.3 Å². The quantitative estimate of drug-likeness (QED) is 0.832. The largest absolute Gasteiger partial charge is 0.329 e. The Bertz CT molecular complexity index is 487. The Morgan fingerprint density at radius 1 is 1.41 bits per heavy atom. The molecule has 0 heterocycles. The minimum absolute atomic E-state index is 0.0899. The number of hydrogen-bond donors (Lipinski definition) is 2. The van der Waals surface area contributed by atoms with Gasteiger partial charge in [-0.15, -0.1) is 0 Å². The molecule has 0 bridgehead atoms. The first-order chi connectivity index (χ1) is 7.90. The van der Waals surface area contributed by atoms with Crippen LogP contribution in [0.25, 0.3) is 0 Å². The molecule has 0 fully saturated rings. The highest BCUT2D eigenvalue weighted by molar-refractivity contribution is 7.89. The lowest BCUT2D eigenvalue weighted by molar-refractivity contribution is 0.524. The molecule has 0 aliphatic carbocycles. The summed E-state index contributed by atoms with van der Waals surface area (Å²) in [4.78, 5) is -0.704. The van der Waals surface area contributed by atoms with Gasteiger partial charge in [0, 0.05) is 12.6 Å². The first-order valence-corrected chi connectivity index (χ1v) is 6.56. The highest BCUT2D eigenvalue weighted by Gasteiger charge is 2.22. The Morgan fingerprint density at radius 3 is 2.59 bits per heavy atom. The molecule has 0 saturated carbocycles. The van der Waals surface area contributed by atoms with Crippen LogP contribution in [0.3, 0.4) is 0 Å². The lowest BCUT2D eigenvalue weighted by Gasteiger charge is -2.15. The average Bonchev–Trinajstić information content (AvgIpc) is 2.29. The highest BCUT2D eigenvalue weighted by Crippen LogP contribution is 2.16. The second kappa shape index (κ2) is 5.52. The molecule has 0 radical (unpaired) electrons. The van der Waals surface area contributed by atoms with Crippen molar-refractivity contribution in [1.82, 2.24) is 4.72 Å². The maximum absolute atomic E-state index is 13.3. The van der Waals surface area contributed by atoms with E-state index in [0.29, 0.717) is 12.5 Å². The van der Waals surface area contributed by atoms with Gasteiger partial charge in [-0.3, -0.25) is 0 Å². The molecule has 1 aromatic rings. The smallest absolute Gasteiger partial charge is 0.243 e. The Kier molecular flexibility index (Phi) is 4.55. The SMILES string of the molecule is CCC(CN)NS(=O)(=O)c1cc(F)ccc1F. The maximum atomic E-state index is 13.3. The van der Waals surface area contributed by atoms with Crippen LogP contribution in [0.15, 0.2) is 23.1 Å². The summed E-state index contributed by atoms with van der Waals surface area (Å²) in [5.41, 5.74) is 5.34. The molecule has 0 aliphatic rings. The van der Waals surface area contributed by atoms with Crippen LogP contribution >= 0.6 is 0 Å². The van der Waals surface area contributed by atoms with Gasteiger partial charge in [-0.1, -0.05) is 6.92 Å². The molecule has 17 heavy (non-hydrogen) atoms. The maximum Gasteiger partial charge on any atom is 0.243 e. The second-order valence-corrected chi connectivity index (χ2v) is 5.22. The fourth-order valence-electron chi connectivity index (χ4n) is 1.26. The predicted molar refractivity (Wildman–Crippen MR) is 59.8 cm³/mol. The van der Waals surface area contributed by atoms with E-state index in [1.165, 1.54) is 0 Å². The summed E-state index contributed by atoms with van der Waals surface area (Å²) in [6.45, 7) is 1.83. The normalized spacial score (nSPS) is 13.6. The third-order valence-corrected chi connectivity index (χ3v) is 3.82. The Balaban J connectivity index is 3.09. The van der Waals surface area contributed by atoms with Crippen molar-refractivity contribution < 1.29 is 17.2 Å². The Hall–Kier alpha value is -1.05. The molecule has 1 rings (SSSR count). The number of halogens is 2. The lowest BCUT2D eigenvalue weighted by Crippen LogP contribution is -2.39. The van der Waals surface area contributed by atoms with E-state index in [4.69, 9.17) is 5.73 Å². The van der Waals surface area contributed by atoms with Crippen molar-refractivity contribution >= 4 is 10.0 Å². The van der Waals surface area contributed by atoms with Crippen molar-refractivity contribution in [1.29, 1.82) is 0 Å². The molecule has 0 spiro atoms. The molecule has 0 aromatic heterocycles. The van der Waals surface area contributed by atoms with E-state index >= 15 is 0 Å². The van der Waals surface area contributed by atoms with Gasteiger partial charge >= 0.3 is 0 Å². The number of nitrogens with one attached hydrogen (secondary N) is 1. The highest BCUT2D eigenvalue weighted by atomic mass is 32.2. The third kappa shape index (κ3) is 3.45. The van der Waals surface area contributed by atoms with E-state index in [1.807, 2.05) is 0 Å². The van der Waals surface area contributed by atoms with Gasteiger partial charge in [0.2, 0.25) is 10.0 Å². The van der Waals surface area contributed by atoms with Gasteiger partial charge in [0.25, 0.3) is 0 Å². The number of hydrogen-bond acceptors (Lipinski definition) is 3. The van der Waals surface area contributed by atoms with E-state index < -0.39 is 32.6 Å². The molecule has 0 amide bonds. The van der Waals surface area contributed by atoms with Crippen molar-refractivity contribution in [3.05, 3.63) is 29.8 Å². The summed E-state index contributed by atoms with van der Waals surface area (Å²) in [7, 11) is -4.08.